The van der Waals surface area contributed by atoms with Gasteiger partial charge in [0.25, 0.3) is 5.91 Å². The lowest BCUT2D eigenvalue weighted by Crippen LogP contribution is -3.00. The summed E-state index contributed by atoms with van der Waals surface area (Å²) in [6.07, 6.45) is 0. The van der Waals surface area contributed by atoms with Crippen LogP contribution in [-0.2, 0) is 0 Å². The van der Waals surface area contributed by atoms with Gasteiger partial charge >= 0.3 is 5.55 Å². The Morgan fingerprint density at radius 1 is 1.30 bits per heavy atom. The molecule has 1 heterocycles. The highest BCUT2D eigenvalue weighted by Crippen LogP contribution is 2.21. The molecule has 108 valence electrons. The molecule has 0 spiro atoms. The SMILES string of the molecule is CCN(CC)c1ccc2cc(C(N)=O)c(=[NH2+])oc2c1.[Cl-]. The van der Waals surface area contributed by atoms with E-state index < -0.39 is 5.91 Å². The van der Waals surface area contributed by atoms with E-state index in [0.717, 1.165) is 24.2 Å². The van der Waals surface area contributed by atoms with Crippen molar-refractivity contribution in [3.8, 4) is 0 Å². The van der Waals surface area contributed by atoms with Crippen LogP contribution >= 0.6 is 0 Å². The maximum absolute atomic E-state index is 11.2. The van der Waals surface area contributed by atoms with Crippen molar-refractivity contribution in [1.29, 1.82) is 0 Å². The van der Waals surface area contributed by atoms with Crippen molar-refractivity contribution in [3.05, 3.63) is 35.4 Å². The van der Waals surface area contributed by atoms with E-state index in [1.165, 1.54) is 0 Å². The predicted octanol–water partition coefficient (Wildman–Crippen LogP) is -2.96. The molecule has 0 bridgehead atoms. The van der Waals surface area contributed by atoms with Gasteiger partial charge in [0.15, 0.2) is 5.56 Å². The first-order valence-electron chi connectivity index (χ1n) is 6.28. The summed E-state index contributed by atoms with van der Waals surface area (Å²) in [5, 5.41) is 6.50. The summed E-state index contributed by atoms with van der Waals surface area (Å²) >= 11 is 0. The fraction of sp³-hybridized carbons (Fsp3) is 0.286. The van der Waals surface area contributed by atoms with E-state index in [1.54, 1.807) is 6.07 Å². The van der Waals surface area contributed by atoms with Crippen molar-refractivity contribution < 1.29 is 27.0 Å². The second-order valence-corrected chi connectivity index (χ2v) is 4.28. The van der Waals surface area contributed by atoms with Gasteiger partial charge in [0, 0.05) is 30.2 Å². The molecule has 2 rings (SSSR count). The number of amides is 1. The summed E-state index contributed by atoms with van der Waals surface area (Å²) in [5.74, 6) is -0.587. The van der Waals surface area contributed by atoms with E-state index in [9.17, 15) is 4.79 Å². The number of carbonyl (C=O) groups excluding carboxylic acids is 1. The second kappa shape index (κ2) is 6.43. The number of halogens is 1. The maximum atomic E-state index is 11.2. The molecule has 0 aliphatic rings. The molecule has 1 aromatic carbocycles. The topological polar surface area (TPSA) is 85.1 Å². The summed E-state index contributed by atoms with van der Waals surface area (Å²) in [5.41, 5.74) is 7.21. The molecule has 0 fully saturated rings. The lowest BCUT2D eigenvalue weighted by Gasteiger charge is -2.20. The molecule has 1 amide bonds. The van der Waals surface area contributed by atoms with Crippen LogP contribution in [0.3, 0.4) is 0 Å². The first-order chi connectivity index (χ1) is 9.06. The minimum absolute atomic E-state index is 0. The standard InChI is InChI=1S/C14H17N3O2.ClH/c1-3-17(4-2)10-6-5-9-7-11(13(15)18)14(16)19-12(9)8-10;/h5-8,16H,3-4H2,1-2H3,(H2,15,18);1H. The van der Waals surface area contributed by atoms with Crippen molar-refractivity contribution >= 4 is 22.6 Å². The molecule has 0 radical (unpaired) electrons. The van der Waals surface area contributed by atoms with E-state index >= 15 is 0 Å². The second-order valence-electron chi connectivity index (χ2n) is 4.28. The Morgan fingerprint density at radius 2 is 1.95 bits per heavy atom. The number of hydrogen-bond donors (Lipinski definition) is 2. The van der Waals surface area contributed by atoms with E-state index in [0.29, 0.717) is 5.58 Å². The molecule has 0 atom stereocenters. The molecule has 6 heteroatoms. The Labute approximate surface area is 123 Å². The highest BCUT2D eigenvalue weighted by molar-refractivity contribution is 5.95. The molecule has 0 saturated carbocycles. The van der Waals surface area contributed by atoms with Crippen LogP contribution < -0.4 is 34.0 Å². The van der Waals surface area contributed by atoms with Gasteiger partial charge in [-0.1, -0.05) is 0 Å². The third-order valence-electron chi connectivity index (χ3n) is 3.18. The summed E-state index contributed by atoms with van der Waals surface area (Å²) < 4.78 is 5.48. The number of anilines is 1. The molecule has 4 N–H and O–H groups in total. The van der Waals surface area contributed by atoms with Crippen molar-refractivity contribution in [2.75, 3.05) is 18.0 Å². The Morgan fingerprint density at radius 3 is 2.50 bits per heavy atom. The average Bonchev–Trinajstić information content (AvgIpc) is 2.38. The van der Waals surface area contributed by atoms with Crippen molar-refractivity contribution in [3.63, 3.8) is 0 Å². The Bertz CT molecular complexity index is 678. The molecule has 2 aromatic rings. The van der Waals surface area contributed by atoms with Gasteiger partial charge in [-0.15, -0.1) is 0 Å². The van der Waals surface area contributed by atoms with Crippen LogP contribution in [0.15, 0.2) is 28.7 Å². The van der Waals surface area contributed by atoms with Gasteiger partial charge in [-0.3, -0.25) is 4.79 Å². The maximum Gasteiger partial charge on any atom is 0.377 e. The lowest BCUT2D eigenvalue weighted by molar-refractivity contribution is -0.197. The van der Waals surface area contributed by atoms with Gasteiger partial charge in [-0.05, 0) is 32.0 Å². The molecule has 20 heavy (non-hydrogen) atoms. The monoisotopic (exact) mass is 295 g/mol. The van der Waals surface area contributed by atoms with Crippen LogP contribution in [0.4, 0.5) is 5.69 Å². The van der Waals surface area contributed by atoms with Crippen LogP contribution in [0.2, 0.25) is 0 Å². The molecular formula is C14H18ClN3O2. The summed E-state index contributed by atoms with van der Waals surface area (Å²) in [6.45, 7) is 6.01. The Kier molecular flexibility index (Phi) is 5.16. The number of benzene rings is 1. The van der Waals surface area contributed by atoms with Crippen molar-refractivity contribution in [2.45, 2.75) is 13.8 Å². The third-order valence-corrected chi connectivity index (χ3v) is 3.18. The first-order valence-corrected chi connectivity index (χ1v) is 6.28. The summed E-state index contributed by atoms with van der Waals surface area (Å²) in [4.78, 5) is 13.4. The first kappa shape index (κ1) is 16.0. The Hall–Kier alpha value is -2.01. The van der Waals surface area contributed by atoms with Gasteiger partial charge in [0.05, 0.1) is 0 Å². The highest BCUT2D eigenvalue weighted by atomic mass is 35.5. The lowest BCUT2D eigenvalue weighted by atomic mass is 10.1. The smallest absolute Gasteiger partial charge is 0.377 e. The molecule has 1 aromatic heterocycles. The number of nitrogens with zero attached hydrogens (tertiary/aromatic N) is 1. The fourth-order valence-corrected chi connectivity index (χ4v) is 2.11. The van der Waals surface area contributed by atoms with E-state index in [1.807, 2.05) is 18.2 Å². The van der Waals surface area contributed by atoms with Gasteiger partial charge in [0.1, 0.15) is 5.58 Å². The normalized spacial score (nSPS) is 10.1. The molecule has 5 nitrogen and oxygen atoms in total. The third kappa shape index (κ3) is 2.93. The minimum atomic E-state index is -0.587. The fourth-order valence-electron chi connectivity index (χ4n) is 2.11. The molecule has 0 saturated heterocycles. The van der Waals surface area contributed by atoms with E-state index in [4.69, 9.17) is 15.6 Å². The molecule has 0 aliphatic carbocycles. The van der Waals surface area contributed by atoms with Gasteiger partial charge in [-0.25, -0.2) is 5.41 Å². The zero-order valence-corrected chi connectivity index (χ0v) is 12.3. The number of rotatable bonds is 4. The minimum Gasteiger partial charge on any atom is -1.00 e. The van der Waals surface area contributed by atoms with Gasteiger partial charge < -0.3 is 27.5 Å². The summed E-state index contributed by atoms with van der Waals surface area (Å²) in [6, 6.07) is 7.47. The van der Waals surface area contributed by atoms with Crippen molar-refractivity contribution in [1.82, 2.24) is 0 Å². The Balaban J connectivity index is 0.00000200. The van der Waals surface area contributed by atoms with E-state index in [2.05, 4.69) is 18.7 Å². The van der Waals surface area contributed by atoms with Crippen LogP contribution in [0.5, 0.6) is 0 Å². The largest absolute Gasteiger partial charge is 1.00 e. The van der Waals surface area contributed by atoms with Crippen LogP contribution in [0, 0.1) is 0 Å². The highest BCUT2D eigenvalue weighted by Gasteiger charge is 2.12. The van der Waals surface area contributed by atoms with Crippen LogP contribution in [0.25, 0.3) is 11.0 Å². The zero-order chi connectivity index (χ0) is 14.0. The summed E-state index contributed by atoms with van der Waals surface area (Å²) in [7, 11) is 0. The van der Waals surface area contributed by atoms with Crippen LogP contribution in [0.1, 0.15) is 24.2 Å². The number of carbonyl (C=O) groups is 1. The number of hydrogen-bond acceptors (Lipinski definition) is 3. The molecular weight excluding hydrogens is 278 g/mol. The number of fused-ring (bicyclic) bond motifs is 1. The predicted molar refractivity (Wildman–Crippen MR) is 73.4 cm³/mol. The number of nitrogens with two attached hydrogens (primary N) is 2. The zero-order valence-electron chi connectivity index (χ0n) is 11.5. The molecule has 0 aliphatic heterocycles. The van der Waals surface area contributed by atoms with Crippen molar-refractivity contribution in [2.24, 2.45) is 5.73 Å². The van der Waals surface area contributed by atoms with Gasteiger partial charge in [-0.2, -0.15) is 0 Å². The average molecular weight is 296 g/mol. The quantitative estimate of drug-likeness (QED) is 0.632. The number of primary amides is 1. The van der Waals surface area contributed by atoms with Crippen LogP contribution in [-0.4, -0.2) is 19.0 Å². The van der Waals surface area contributed by atoms with Gasteiger partial charge in [0.2, 0.25) is 0 Å². The molecule has 0 unspecified atom stereocenters. The van der Waals surface area contributed by atoms with E-state index in [-0.39, 0.29) is 23.5 Å².